The molecule has 4 nitrogen and oxygen atoms in total. The molecule has 0 atom stereocenters. The van der Waals surface area contributed by atoms with Crippen LogP contribution in [-0.2, 0) is 4.84 Å². The predicted molar refractivity (Wildman–Crippen MR) is 59.9 cm³/mol. The molecular weight excluding hydrogens is 235 g/mol. The maximum atomic E-state index is 13.6. The van der Waals surface area contributed by atoms with Crippen LogP contribution in [0.4, 0.5) is 4.39 Å². The minimum atomic E-state index is -0.564. The van der Waals surface area contributed by atoms with Gasteiger partial charge >= 0.3 is 0 Å². The first-order valence-corrected chi connectivity index (χ1v) is 4.73. The summed E-state index contributed by atoms with van der Waals surface area (Å²) in [7, 11) is 1.32. The van der Waals surface area contributed by atoms with Gasteiger partial charge in [0.1, 0.15) is 24.4 Å². The van der Waals surface area contributed by atoms with Crippen LogP contribution < -0.4 is 0 Å². The van der Waals surface area contributed by atoms with Gasteiger partial charge in [0.2, 0.25) is 0 Å². The number of rotatable bonds is 3. The van der Waals surface area contributed by atoms with Crippen LogP contribution in [0.25, 0.3) is 0 Å². The normalized spacial score (nSPS) is 12.8. The van der Waals surface area contributed by atoms with E-state index < -0.39 is 5.82 Å². The zero-order chi connectivity index (χ0) is 12.1. The molecule has 0 amide bonds. The lowest BCUT2D eigenvalue weighted by Crippen LogP contribution is -2.14. The fraction of sp³-hybridized carbons (Fsp3) is 0.200. The number of oxime groups is 2. The van der Waals surface area contributed by atoms with Gasteiger partial charge in [-0.2, -0.15) is 0 Å². The monoisotopic (exact) mass is 244 g/mol. The lowest BCUT2D eigenvalue weighted by atomic mass is 10.1. The van der Waals surface area contributed by atoms with Crippen LogP contribution in [0, 0.1) is 5.82 Å². The zero-order valence-electron chi connectivity index (χ0n) is 8.74. The van der Waals surface area contributed by atoms with E-state index in [0.29, 0.717) is 0 Å². The summed E-state index contributed by atoms with van der Waals surface area (Å²) in [6.07, 6.45) is 0. The number of benzene rings is 1. The Morgan fingerprint density at radius 2 is 2.19 bits per heavy atom. The van der Waals surface area contributed by atoms with E-state index in [1.54, 1.807) is 0 Å². The van der Waals surface area contributed by atoms with E-state index in [1.807, 2.05) is 0 Å². The molecule has 1 rings (SSSR count). The third kappa shape index (κ3) is 2.70. The molecule has 0 spiro atoms. The van der Waals surface area contributed by atoms with E-state index in [1.165, 1.54) is 26.2 Å². The average Bonchev–Trinajstić information content (AvgIpc) is 2.26. The first kappa shape index (κ1) is 12.4. The molecule has 1 aromatic carbocycles. The molecular formula is C10H10ClFN2O2. The topological polar surface area (TPSA) is 54.2 Å². The zero-order valence-corrected chi connectivity index (χ0v) is 9.49. The molecule has 0 heterocycles. The Balaban J connectivity index is 3.28. The van der Waals surface area contributed by atoms with E-state index in [-0.39, 0.29) is 22.0 Å². The summed E-state index contributed by atoms with van der Waals surface area (Å²) >= 11 is 5.62. The van der Waals surface area contributed by atoms with E-state index >= 15 is 0 Å². The van der Waals surface area contributed by atoms with Crippen molar-refractivity contribution in [1.82, 2.24) is 0 Å². The third-order valence-corrected chi connectivity index (χ3v) is 2.10. The molecule has 86 valence electrons. The van der Waals surface area contributed by atoms with Crippen LogP contribution >= 0.6 is 11.6 Å². The highest BCUT2D eigenvalue weighted by Crippen LogP contribution is 2.16. The van der Waals surface area contributed by atoms with Crippen molar-refractivity contribution in [2.75, 3.05) is 7.11 Å². The van der Waals surface area contributed by atoms with Crippen molar-refractivity contribution < 1.29 is 14.4 Å². The summed E-state index contributed by atoms with van der Waals surface area (Å²) in [5.74, 6) is -0.564. The number of nitrogens with zero attached hydrogens (tertiary/aromatic N) is 2. The molecule has 0 unspecified atom stereocenters. The minimum absolute atomic E-state index is 0.110. The van der Waals surface area contributed by atoms with Crippen LogP contribution in [0.3, 0.4) is 0 Å². The molecule has 0 aliphatic rings. The summed E-state index contributed by atoms with van der Waals surface area (Å²) in [4.78, 5) is 4.56. The van der Waals surface area contributed by atoms with Crippen molar-refractivity contribution in [3.63, 3.8) is 0 Å². The average molecular weight is 245 g/mol. The van der Waals surface area contributed by atoms with Crippen LogP contribution in [0.15, 0.2) is 28.5 Å². The van der Waals surface area contributed by atoms with E-state index in [2.05, 4.69) is 15.1 Å². The van der Waals surface area contributed by atoms with Crippen molar-refractivity contribution in [2.45, 2.75) is 6.92 Å². The SMILES string of the molecule is CO/N=C(\C(C)=N\O)c1ccc(Cl)cc1F. The van der Waals surface area contributed by atoms with Crippen molar-refractivity contribution in [1.29, 1.82) is 0 Å². The van der Waals surface area contributed by atoms with Crippen LogP contribution in [-0.4, -0.2) is 23.7 Å². The fourth-order valence-corrected chi connectivity index (χ4v) is 1.29. The summed E-state index contributed by atoms with van der Waals surface area (Å²) in [5, 5.41) is 15.5. The van der Waals surface area contributed by atoms with Crippen molar-refractivity contribution in [2.24, 2.45) is 10.3 Å². The van der Waals surface area contributed by atoms with Gasteiger partial charge in [0.05, 0.1) is 0 Å². The lowest BCUT2D eigenvalue weighted by molar-refractivity contribution is 0.214. The molecule has 1 N–H and O–H groups in total. The Labute approximate surface area is 97.0 Å². The Kier molecular flexibility index (Phi) is 4.25. The molecule has 0 aliphatic carbocycles. The van der Waals surface area contributed by atoms with Gasteiger partial charge in [0, 0.05) is 10.6 Å². The minimum Gasteiger partial charge on any atom is -0.411 e. The molecule has 6 heteroatoms. The van der Waals surface area contributed by atoms with E-state index in [9.17, 15) is 4.39 Å². The molecule has 0 fully saturated rings. The summed E-state index contributed by atoms with van der Waals surface area (Å²) in [6, 6.07) is 4.09. The van der Waals surface area contributed by atoms with Crippen molar-refractivity contribution in [3.8, 4) is 0 Å². The fourth-order valence-electron chi connectivity index (χ4n) is 1.13. The van der Waals surface area contributed by atoms with Gasteiger partial charge in [-0.1, -0.05) is 21.9 Å². The second-order valence-electron chi connectivity index (χ2n) is 2.93. The summed E-state index contributed by atoms with van der Waals surface area (Å²) < 4.78 is 13.6. The van der Waals surface area contributed by atoms with E-state index in [0.717, 1.165) is 6.07 Å². The summed E-state index contributed by atoms with van der Waals surface area (Å²) in [6.45, 7) is 1.48. The van der Waals surface area contributed by atoms with Gasteiger partial charge in [-0.3, -0.25) is 0 Å². The highest BCUT2D eigenvalue weighted by molar-refractivity contribution is 6.47. The largest absolute Gasteiger partial charge is 0.411 e. The summed E-state index contributed by atoms with van der Waals surface area (Å²) in [5.41, 5.74) is 0.406. The maximum Gasteiger partial charge on any atom is 0.137 e. The highest BCUT2D eigenvalue weighted by atomic mass is 35.5. The van der Waals surface area contributed by atoms with Gasteiger partial charge < -0.3 is 10.0 Å². The first-order valence-electron chi connectivity index (χ1n) is 4.35. The lowest BCUT2D eigenvalue weighted by Gasteiger charge is -2.05. The van der Waals surface area contributed by atoms with Gasteiger partial charge in [0.25, 0.3) is 0 Å². The molecule has 0 aliphatic heterocycles. The Morgan fingerprint density at radius 1 is 1.50 bits per heavy atom. The van der Waals surface area contributed by atoms with Gasteiger partial charge in [-0.05, 0) is 25.1 Å². The maximum absolute atomic E-state index is 13.6. The quantitative estimate of drug-likeness (QED) is 0.505. The number of hydrogen-bond donors (Lipinski definition) is 1. The predicted octanol–water partition coefficient (Wildman–Crippen LogP) is 2.68. The molecule has 0 bridgehead atoms. The van der Waals surface area contributed by atoms with Crippen LogP contribution in [0.5, 0.6) is 0 Å². The second-order valence-corrected chi connectivity index (χ2v) is 3.37. The van der Waals surface area contributed by atoms with Crippen molar-refractivity contribution >= 4 is 23.0 Å². The van der Waals surface area contributed by atoms with Gasteiger partial charge in [-0.25, -0.2) is 4.39 Å². The Bertz CT molecular complexity index is 446. The second kappa shape index (κ2) is 5.46. The Morgan fingerprint density at radius 3 is 2.69 bits per heavy atom. The van der Waals surface area contributed by atoms with Gasteiger partial charge in [0.15, 0.2) is 0 Å². The molecule has 1 aromatic rings. The Hall–Kier alpha value is -1.62. The first-order chi connectivity index (χ1) is 7.60. The van der Waals surface area contributed by atoms with Gasteiger partial charge in [-0.15, -0.1) is 0 Å². The molecule has 0 aromatic heterocycles. The standard InChI is InChI=1S/C10H10ClFN2O2/c1-6(13-15)10(14-16-2)8-4-3-7(11)5-9(8)12/h3-5,15H,1-2H3/b13-6+,14-10+. The smallest absolute Gasteiger partial charge is 0.137 e. The van der Waals surface area contributed by atoms with Crippen LogP contribution in [0.2, 0.25) is 5.02 Å². The highest BCUT2D eigenvalue weighted by Gasteiger charge is 2.14. The molecule has 0 saturated carbocycles. The number of halogens is 2. The number of hydrogen-bond acceptors (Lipinski definition) is 4. The molecule has 0 saturated heterocycles. The molecule has 0 radical (unpaired) electrons. The van der Waals surface area contributed by atoms with Crippen LogP contribution in [0.1, 0.15) is 12.5 Å². The molecule has 16 heavy (non-hydrogen) atoms. The van der Waals surface area contributed by atoms with E-state index in [4.69, 9.17) is 16.8 Å². The van der Waals surface area contributed by atoms with Crippen molar-refractivity contribution in [3.05, 3.63) is 34.6 Å². The third-order valence-electron chi connectivity index (χ3n) is 1.86.